The van der Waals surface area contributed by atoms with Gasteiger partial charge in [0.15, 0.2) is 5.96 Å². The number of benzene rings is 1. The summed E-state index contributed by atoms with van der Waals surface area (Å²) in [7, 11) is 3.97. The molecule has 1 aliphatic heterocycles. The molecule has 0 spiro atoms. The highest BCUT2D eigenvalue weighted by Crippen LogP contribution is 2.14. The Morgan fingerprint density at radius 3 is 2.41 bits per heavy atom. The van der Waals surface area contributed by atoms with Crippen molar-refractivity contribution in [1.82, 2.24) is 20.5 Å². The molecule has 2 heterocycles. The number of aromatic nitrogens is 1. The lowest BCUT2D eigenvalue weighted by atomic mass is 10.0. The Morgan fingerprint density at radius 2 is 1.79 bits per heavy atom. The van der Waals surface area contributed by atoms with E-state index in [1.807, 2.05) is 12.3 Å². The third kappa shape index (κ3) is 7.15. The first-order valence-electron chi connectivity index (χ1n) is 10.0. The molecule has 1 fully saturated rings. The van der Waals surface area contributed by atoms with Gasteiger partial charge < -0.3 is 20.4 Å². The summed E-state index contributed by atoms with van der Waals surface area (Å²) in [6, 6.07) is 14.8. The zero-order valence-electron chi connectivity index (χ0n) is 17.6. The van der Waals surface area contributed by atoms with E-state index in [1.54, 1.807) is 7.05 Å². The zero-order valence-corrected chi connectivity index (χ0v) is 20.0. The second-order valence-corrected chi connectivity index (χ2v) is 7.43. The monoisotopic (exact) mass is 508 g/mol. The average molecular weight is 508 g/mol. The van der Waals surface area contributed by atoms with Crippen LogP contribution in [0.4, 0.5) is 5.82 Å². The van der Waals surface area contributed by atoms with Gasteiger partial charge in [-0.1, -0.05) is 43.3 Å². The quantitative estimate of drug-likeness (QED) is 0.357. The highest BCUT2D eigenvalue weighted by molar-refractivity contribution is 14.0. The summed E-state index contributed by atoms with van der Waals surface area (Å²) in [5, 5.41) is 6.79. The summed E-state index contributed by atoms with van der Waals surface area (Å²) in [4.78, 5) is 13.7. The highest BCUT2D eigenvalue weighted by Gasteiger charge is 2.15. The Bertz CT molecular complexity index is 742. The van der Waals surface area contributed by atoms with Crippen molar-refractivity contribution >= 4 is 35.8 Å². The van der Waals surface area contributed by atoms with E-state index < -0.39 is 0 Å². The van der Waals surface area contributed by atoms with E-state index in [0.717, 1.165) is 50.1 Å². The summed E-state index contributed by atoms with van der Waals surface area (Å²) < 4.78 is 0. The van der Waals surface area contributed by atoms with Gasteiger partial charge in [-0.15, -0.1) is 24.0 Å². The van der Waals surface area contributed by atoms with Crippen molar-refractivity contribution in [3.8, 4) is 0 Å². The first-order chi connectivity index (χ1) is 13.7. The van der Waals surface area contributed by atoms with E-state index in [1.165, 1.54) is 5.56 Å². The van der Waals surface area contributed by atoms with Crippen LogP contribution >= 0.6 is 24.0 Å². The number of piperazine rings is 1. The molecule has 1 atom stereocenters. The van der Waals surface area contributed by atoms with Crippen molar-refractivity contribution < 1.29 is 0 Å². The molecular weight excluding hydrogens is 475 g/mol. The molecular formula is C22H33IN6. The lowest BCUT2D eigenvalue weighted by Crippen LogP contribution is -2.44. The summed E-state index contributed by atoms with van der Waals surface area (Å²) >= 11 is 0. The molecule has 0 amide bonds. The zero-order chi connectivity index (χ0) is 19.8. The first-order valence-corrected chi connectivity index (χ1v) is 10.0. The second-order valence-electron chi connectivity index (χ2n) is 7.43. The van der Waals surface area contributed by atoms with Crippen LogP contribution in [-0.4, -0.2) is 62.7 Å². The van der Waals surface area contributed by atoms with Crippen LogP contribution in [0.3, 0.4) is 0 Å². The van der Waals surface area contributed by atoms with Crippen molar-refractivity contribution in [3.63, 3.8) is 0 Å². The number of nitrogens with zero attached hydrogens (tertiary/aromatic N) is 4. The van der Waals surface area contributed by atoms with Gasteiger partial charge in [0, 0.05) is 52.5 Å². The molecule has 2 aromatic rings. The maximum atomic E-state index is 4.65. The molecule has 1 unspecified atom stereocenters. The largest absolute Gasteiger partial charge is 0.356 e. The standard InChI is InChI=1S/C22H32N6.HI/c1-18(20-7-5-4-6-8-20)15-25-22(23-2)26-17-19-9-10-21(24-16-19)28-13-11-27(3)12-14-28;/h4-10,16,18H,11-15,17H2,1-3H3,(H2,23,25,26);1H. The molecule has 1 aromatic carbocycles. The summed E-state index contributed by atoms with van der Waals surface area (Å²) in [6.07, 6.45) is 1.96. The maximum Gasteiger partial charge on any atom is 0.191 e. The van der Waals surface area contributed by atoms with Crippen LogP contribution in [0.5, 0.6) is 0 Å². The van der Waals surface area contributed by atoms with Crippen LogP contribution in [0.25, 0.3) is 0 Å². The van der Waals surface area contributed by atoms with Gasteiger partial charge in [-0.2, -0.15) is 0 Å². The maximum absolute atomic E-state index is 4.65. The first kappa shape index (κ1) is 23.4. The number of anilines is 1. The fraction of sp³-hybridized carbons (Fsp3) is 0.455. The highest BCUT2D eigenvalue weighted by atomic mass is 127. The smallest absolute Gasteiger partial charge is 0.191 e. The Hall–Kier alpha value is -1.87. The Balaban J connectivity index is 0.00000300. The SMILES string of the molecule is CN=C(NCc1ccc(N2CCN(C)CC2)nc1)NCC(C)c1ccccc1.I. The van der Waals surface area contributed by atoms with Crippen molar-refractivity contribution in [3.05, 3.63) is 59.8 Å². The lowest BCUT2D eigenvalue weighted by molar-refractivity contribution is 0.312. The van der Waals surface area contributed by atoms with E-state index in [0.29, 0.717) is 12.5 Å². The molecule has 1 aromatic heterocycles. The second kappa shape index (κ2) is 12.0. The molecule has 158 valence electrons. The molecule has 0 bridgehead atoms. The predicted octanol–water partition coefficient (Wildman–Crippen LogP) is 2.92. The molecule has 1 aliphatic rings. The molecule has 29 heavy (non-hydrogen) atoms. The van der Waals surface area contributed by atoms with Crippen molar-refractivity contribution in [1.29, 1.82) is 0 Å². The Kier molecular flexibility index (Phi) is 9.66. The minimum Gasteiger partial charge on any atom is -0.356 e. The molecule has 7 heteroatoms. The fourth-order valence-corrected chi connectivity index (χ4v) is 3.30. The number of aliphatic imine (C=N–C) groups is 1. The number of pyridine rings is 1. The fourth-order valence-electron chi connectivity index (χ4n) is 3.30. The summed E-state index contributed by atoms with van der Waals surface area (Å²) in [6.45, 7) is 8.02. The van der Waals surface area contributed by atoms with E-state index in [9.17, 15) is 0 Å². The number of hydrogen-bond acceptors (Lipinski definition) is 4. The molecule has 0 saturated carbocycles. The summed E-state index contributed by atoms with van der Waals surface area (Å²) in [5.74, 6) is 2.30. The normalized spacial score (nSPS) is 16.1. The van der Waals surface area contributed by atoms with E-state index in [-0.39, 0.29) is 24.0 Å². The van der Waals surface area contributed by atoms with Gasteiger partial charge in [0.25, 0.3) is 0 Å². The van der Waals surface area contributed by atoms with Gasteiger partial charge in [-0.3, -0.25) is 4.99 Å². The van der Waals surface area contributed by atoms with Crippen LogP contribution in [0.15, 0.2) is 53.7 Å². The van der Waals surface area contributed by atoms with Gasteiger partial charge in [0.05, 0.1) is 0 Å². The third-order valence-electron chi connectivity index (χ3n) is 5.26. The van der Waals surface area contributed by atoms with Gasteiger partial charge in [0.2, 0.25) is 0 Å². The lowest BCUT2D eigenvalue weighted by Gasteiger charge is -2.33. The Morgan fingerprint density at radius 1 is 1.07 bits per heavy atom. The molecule has 3 rings (SSSR count). The van der Waals surface area contributed by atoms with Crippen LogP contribution in [0.2, 0.25) is 0 Å². The minimum atomic E-state index is 0. The van der Waals surface area contributed by atoms with Gasteiger partial charge in [0.1, 0.15) is 5.82 Å². The molecule has 6 nitrogen and oxygen atoms in total. The minimum absolute atomic E-state index is 0. The van der Waals surface area contributed by atoms with Crippen molar-refractivity contribution in [2.24, 2.45) is 4.99 Å². The van der Waals surface area contributed by atoms with Gasteiger partial charge >= 0.3 is 0 Å². The van der Waals surface area contributed by atoms with E-state index >= 15 is 0 Å². The predicted molar refractivity (Wildman–Crippen MR) is 132 cm³/mol. The molecule has 2 N–H and O–H groups in total. The van der Waals surface area contributed by atoms with E-state index in [4.69, 9.17) is 0 Å². The number of nitrogens with one attached hydrogen (secondary N) is 2. The number of rotatable bonds is 6. The van der Waals surface area contributed by atoms with Crippen LogP contribution < -0.4 is 15.5 Å². The van der Waals surface area contributed by atoms with Crippen LogP contribution in [0.1, 0.15) is 24.0 Å². The number of halogens is 1. The molecule has 0 aliphatic carbocycles. The summed E-state index contributed by atoms with van der Waals surface area (Å²) in [5.41, 5.74) is 2.48. The third-order valence-corrected chi connectivity index (χ3v) is 5.26. The topological polar surface area (TPSA) is 55.8 Å². The van der Waals surface area contributed by atoms with Gasteiger partial charge in [-0.05, 0) is 30.2 Å². The van der Waals surface area contributed by atoms with Gasteiger partial charge in [-0.25, -0.2) is 4.98 Å². The number of likely N-dealkylation sites (N-methyl/N-ethyl adjacent to an activating group) is 1. The number of guanidine groups is 1. The van der Waals surface area contributed by atoms with Crippen molar-refractivity contribution in [2.75, 3.05) is 51.7 Å². The van der Waals surface area contributed by atoms with Crippen molar-refractivity contribution in [2.45, 2.75) is 19.4 Å². The number of hydrogen-bond donors (Lipinski definition) is 2. The van der Waals surface area contributed by atoms with Crippen LogP contribution in [-0.2, 0) is 6.54 Å². The average Bonchev–Trinajstić information content (AvgIpc) is 2.75. The van der Waals surface area contributed by atoms with E-state index in [2.05, 4.69) is 80.8 Å². The van der Waals surface area contributed by atoms with Crippen LogP contribution in [0, 0.1) is 0 Å². The Labute approximate surface area is 191 Å². The molecule has 0 radical (unpaired) electrons. The molecule has 1 saturated heterocycles.